The molecule has 1 atom stereocenters. The average molecular weight is 412 g/mol. The van der Waals surface area contributed by atoms with E-state index in [0.29, 0.717) is 22.2 Å². The molecule has 4 aromatic rings. The van der Waals surface area contributed by atoms with Gasteiger partial charge in [-0.1, -0.05) is 54.6 Å². The van der Waals surface area contributed by atoms with E-state index < -0.39 is 17.9 Å². The van der Waals surface area contributed by atoms with Crippen LogP contribution in [0.2, 0.25) is 0 Å². The molecule has 0 bridgehead atoms. The molecule has 2 aromatic heterocycles. The summed E-state index contributed by atoms with van der Waals surface area (Å²) in [4.78, 5) is 34.5. The Morgan fingerprint density at radius 3 is 2.45 bits per heavy atom. The van der Waals surface area contributed by atoms with Gasteiger partial charge in [-0.2, -0.15) is 0 Å². The van der Waals surface area contributed by atoms with E-state index in [1.54, 1.807) is 30.5 Å². The van der Waals surface area contributed by atoms with Crippen LogP contribution in [0.3, 0.4) is 0 Å². The third kappa shape index (κ3) is 3.93. The highest BCUT2D eigenvalue weighted by molar-refractivity contribution is 6.13. The number of nitrogens with one attached hydrogen (secondary N) is 1. The molecule has 0 radical (unpaired) electrons. The Hall–Kier alpha value is -4.26. The van der Waals surface area contributed by atoms with Gasteiger partial charge in [0.05, 0.1) is 29.6 Å². The molecule has 7 nitrogen and oxygen atoms in total. The number of hydrogen-bond donors (Lipinski definition) is 2. The van der Waals surface area contributed by atoms with Crippen molar-refractivity contribution in [1.82, 2.24) is 15.3 Å². The fourth-order valence-electron chi connectivity index (χ4n) is 3.43. The standard InChI is InChI=1S/C24H20N4O3/c1-31-24(30)22(16-10-7-13-26-14-16)28-23(29)19-17-11-5-6-12-18(17)27-21(20(19)25)15-8-3-2-4-9-15/h2-14,22H,25H2,1H3,(H,28,29). The molecule has 4 rings (SSSR count). The van der Waals surface area contributed by atoms with Crippen molar-refractivity contribution >= 4 is 28.5 Å². The SMILES string of the molecule is COC(=O)C(NC(=O)c1c(N)c(-c2ccccc2)nc2ccccc12)c1cccnc1. The van der Waals surface area contributed by atoms with Crippen molar-refractivity contribution < 1.29 is 14.3 Å². The lowest BCUT2D eigenvalue weighted by atomic mass is 10.00. The molecule has 31 heavy (non-hydrogen) atoms. The van der Waals surface area contributed by atoms with Crippen molar-refractivity contribution in [2.75, 3.05) is 12.8 Å². The summed E-state index contributed by atoms with van der Waals surface area (Å²) >= 11 is 0. The number of para-hydroxylation sites is 1. The number of benzene rings is 2. The molecule has 0 saturated carbocycles. The van der Waals surface area contributed by atoms with Crippen molar-refractivity contribution in [1.29, 1.82) is 0 Å². The molecule has 0 aliphatic rings. The van der Waals surface area contributed by atoms with E-state index in [2.05, 4.69) is 15.3 Å². The molecule has 1 amide bonds. The van der Waals surface area contributed by atoms with Crippen molar-refractivity contribution in [3.05, 3.63) is 90.3 Å². The van der Waals surface area contributed by atoms with Gasteiger partial charge in [0.15, 0.2) is 6.04 Å². The maximum Gasteiger partial charge on any atom is 0.333 e. The van der Waals surface area contributed by atoms with E-state index in [0.717, 1.165) is 5.56 Å². The lowest BCUT2D eigenvalue weighted by Gasteiger charge is -2.19. The molecule has 0 saturated heterocycles. The Bertz CT molecular complexity index is 1240. The number of carbonyl (C=O) groups is 2. The van der Waals surface area contributed by atoms with Gasteiger partial charge in [0.1, 0.15) is 0 Å². The number of hydrogen-bond acceptors (Lipinski definition) is 6. The first-order valence-corrected chi connectivity index (χ1v) is 9.62. The molecule has 3 N–H and O–H groups in total. The van der Waals surface area contributed by atoms with Crippen molar-refractivity contribution in [3.63, 3.8) is 0 Å². The van der Waals surface area contributed by atoms with Crippen LogP contribution in [0.5, 0.6) is 0 Å². The first-order valence-electron chi connectivity index (χ1n) is 9.62. The van der Waals surface area contributed by atoms with Crippen molar-refractivity contribution in [2.45, 2.75) is 6.04 Å². The van der Waals surface area contributed by atoms with E-state index in [-0.39, 0.29) is 11.3 Å². The Labute approximate surface area is 178 Å². The lowest BCUT2D eigenvalue weighted by molar-refractivity contribution is -0.143. The molecule has 2 aromatic carbocycles. The zero-order valence-electron chi connectivity index (χ0n) is 16.8. The van der Waals surface area contributed by atoms with Gasteiger partial charge in [0.25, 0.3) is 5.91 Å². The summed E-state index contributed by atoms with van der Waals surface area (Å²) in [6.07, 6.45) is 3.09. The molecule has 1 unspecified atom stereocenters. The molecule has 2 heterocycles. The molecule has 0 spiro atoms. The van der Waals surface area contributed by atoms with Crippen LogP contribution in [-0.2, 0) is 9.53 Å². The predicted octanol–water partition coefficient (Wildman–Crippen LogP) is 3.52. The summed E-state index contributed by atoms with van der Waals surface area (Å²) in [5, 5.41) is 3.34. The first kappa shape index (κ1) is 20.0. The third-order valence-corrected chi connectivity index (χ3v) is 4.93. The Kier molecular flexibility index (Phi) is 5.57. The van der Waals surface area contributed by atoms with Gasteiger partial charge in [-0.05, 0) is 12.1 Å². The second-order valence-electron chi connectivity index (χ2n) is 6.85. The highest BCUT2D eigenvalue weighted by Gasteiger charge is 2.27. The molecular formula is C24H20N4O3. The van der Waals surface area contributed by atoms with Gasteiger partial charge in [-0.15, -0.1) is 0 Å². The molecule has 154 valence electrons. The molecule has 0 fully saturated rings. The quantitative estimate of drug-likeness (QED) is 0.486. The van der Waals surface area contributed by atoms with Gasteiger partial charge in [0.2, 0.25) is 0 Å². The maximum atomic E-state index is 13.4. The minimum atomic E-state index is -1.03. The summed E-state index contributed by atoms with van der Waals surface area (Å²) in [6.45, 7) is 0. The number of fused-ring (bicyclic) bond motifs is 1. The van der Waals surface area contributed by atoms with Crippen molar-refractivity contribution in [2.24, 2.45) is 0 Å². The van der Waals surface area contributed by atoms with E-state index in [4.69, 9.17) is 10.5 Å². The zero-order valence-corrected chi connectivity index (χ0v) is 16.8. The number of nitrogen functional groups attached to an aromatic ring is 1. The average Bonchev–Trinajstić information content (AvgIpc) is 2.82. The highest BCUT2D eigenvalue weighted by Crippen LogP contribution is 2.32. The lowest BCUT2D eigenvalue weighted by Crippen LogP contribution is -2.35. The van der Waals surface area contributed by atoms with E-state index in [9.17, 15) is 9.59 Å². The number of carbonyl (C=O) groups excluding carboxylic acids is 2. The fraction of sp³-hybridized carbons (Fsp3) is 0.0833. The highest BCUT2D eigenvalue weighted by atomic mass is 16.5. The number of amides is 1. The molecular weight excluding hydrogens is 392 g/mol. The molecule has 0 aliphatic heterocycles. The fourth-order valence-corrected chi connectivity index (χ4v) is 3.43. The number of pyridine rings is 2. The van der Waals surface area contributed by atoms with Crippen LogP contribution < -0.4 is 11.1 Å². The maximum absolute atomic E-state index is 13.4. The minimum absolute atomic E-state index is 0.234. The monoisotopic (exact) mass is 412 g/mol. The second-order valence-corrected chi connectivity index (χ2v) is 6.85. The summed E-state index contributed by atoms with van der Waals surface area (Å²) in [5.74, 6) is -1.12. The smallest absolute Gasteiger partial charge is 0.333 e. The number of nitrogens with zero attached hydrogens (tertiary/aromatic N) is 2. The number of methoxy groups -OCH3 is 1. The Morgan fingerprint density at radius 1 is 1.00 bits per heavy atom. The Balaban J connectivity index is 1.83. The number of aromatic nitrogens is 2. The van der Waals surface area contributed by atoms with Crippen LogP contribution in [0.4, 0.5) is 5.69 Å². The van der Waals surface area contributed by atoms with Crippen LogP contribution in [0.1, 0.15) is 22.0 Å². The van der Waals surface area contributed by atoms with Crippen LogP contribution in [0, 0.1) is 0 Å². The van der Waals surface area contributed by atoms with Gasteiger partial charge >= 0.3 is 5.97 Å². The van der Waals surface area contributed by atoms with Gasteiger partial charge < -0.3 is 15.8 Å². The van der Waals surface area contributed by atoms with Gasteiger partial charge in [-0.25, -0.2) is 9.78 Å². The number of rotatable bonds is 5. The van der Waals surface area contributed by atoms with Crippen molar-refractivity contribution in [3.8, 4) is 11.3 Å². The molecule has 0 aliphatic carbocycles. The second kappa shape index (κ2) is 8.62. The Morgan fingerprint density at radius 2 is 1.74 bits per heavy atom. The first-order chi connectivity index (χ1) is 15.1. The van der Waals surface area contributed by atoms with Crippen LogP contribution in [0.25, 0.3) is 22.2 Å². The normalized spacial score (nSPS) is 11.6. The number of nitrogens with two attached hydrogens (primary N) is 1. The van der Waals surface area contributed by atoms with Gasteiger partial charge in [0, 0.05) is 28.9 Å². The predicted molar refractivity (Wildman–Crippen MR) is 118 cm³/mol. The third-order valence-electron chi connectivity index (χ3n) is 4.93. The summed E-state index contributed by atoms with van der Waals surface area (Å²) < 4.78 is 4.89. The van der Waals surface area contributed by atoms with Crippen LogP contribution >= 0.6 is 0 Å². The van der Waals surface area contributed by atoms with Crippen LogP contribution in [0.15, 0.2) is 79.1 Å². The van der Waals surface area contributed by atoms with E-state index in [1.165, 1.54) is 13.3 Å². The zero-order chi connectivity index (χ0) is 21.8. The topological polar surface area (TPSA) is 107 Å². The molecule has 7 heteroatoms. The summed E-state index contributed by atoms with van der Waals surface area (Å²) in [7, 11) is 1.27. The number of esters is 1. The number of anilines is 1. The van der Waals surface area contributed by atoms with E-state index in [1.807, 2.05) is 42.5 Å². The largest absolute Gasteiger partial charge is 0.467 e. The summed E-state index contributed by atoms with van der Waals surface area (Å²) in [6, 6.07) is 19.0. The minimum Gasteiger partial charge on any atom is -0.467 e. The van der Waals surface area contributed by atoms with Gasteiger partial charge in [-0.3, -0.25) is 9.78 Å². The summed E-state index contributed by atoms with van der Waals surface area (Å²) in [5.41, 5.74) is 9.35. The number of ether oxygens (including phenoxy) is 1. The van der Waals surface area contributed by atoms with E-state index >= 15 is 0 Å². The van der Waals surface area contributed by atoms with Crippen LogP contribution in [-0.4, -0.2) is 29.0 Å².